The molecular weight excluding hydrogens is 235 g/mol. The first-order chi connectivity index (χ1) is 7.64. The van der Waals surface area contributed by atoms with Gasteiger partial charge in [0.1, 0.15) is 0 Å². The van der Waals surface area contributed by atoms with Crippen LogP contribution in [0.4, 0.5) is 18.9 Å². The normalized spacial score (nSPS) is 13.5. The largest absolute Gasteiger partial charge is 0.395 e. The highest BCUT2D eigenvalue weighted by molar-refractivity contribution is 5.48. The monoisotopic (exact) mass is 247 g/mol. The molecule has 0 aliphatic heterocycles. The predicted octanol–water partition coefficient (Wildman–Crippen LogP) is 3.88. The van der Waals surface area contributed by atoms with E-state index in [0.717, 1.165) is 6.92 Å². The average Bonchev–Trinajstić information content (AvgIpc) is 2.18. The van der Waals surface area contributed by atoms with Crippen LogP contribution in [0.1, 0.15) is 29.5 Å². The van der Waals surface area contributed by atoms with E-state index in [1.807, 2.05) is 0 Å². The van der Waals surface area contributed by atoms with Gasteiger partial charge in [-0.25, -0.2) is 0 Å². The van der Waals surface area contributed by atoms with Crippen molar-refractivity contribution in [3.8, 4) is 0 Å². The number of hydrogen-bond donors (Lipinski definition) is 0. The van der Waals surface area contributed by atoms with Crippen LogP contribution in [0.25, 0.3) is 0 Å². The quantitative estimate of drug-likeness (QED) is 0.588. The first-order valence-electron chi connectivity index (χ1n) is 4.97. The van der Waals surface area contributed by atoms with Gasteiger partial charge in [-0.3, -0.25) is 10.1 Å². The van der Waals surface area contributed by atoms with E-state index in [1.54, 1.807) is 13.8 Å². The fourth-order valence-corrected chi connectivity index (χ4v) is 1.50. The molecule has 1 unspecified atom stereocenters. The molecule has 1 rings (SSSR count). The van der Waals surface area contributed by atoms with Gasteiger partial charge in [0.2, 0.25) is 0 Å². The van der Waals surface area contributed by atoms with Gasteiger partial charge in [-0.15, -0.1) is 0 Å². The van der Waals surface area contributed by atoms with Crippen LogP contribution < -0.4 is 0 Å². The third-order valence-corrected chi connectivity index (χ3v) is 2.80. The molecule has 0 radical (unpaired) electrons. The molecule has 6 heteroatoms. The molecule has 94 valence electrons. The molecule has 0 aliphatic rings. The Balaban J connectivity index is 3.41. The summed E-state index contributed by atoms with van der Waals surface area (Å²) in [6, 6.07) is 2.43. The van der Waals surface area contributed by atoms with E-state index in [0.29, 0.717) is 11.1 Å². The minimum atomic E-state index is -4.48. The summed E-state index contributed by atoms with van der Waals surface area (Å²) in [4.78, 5) is 9.98. The number of hydrogen-bond acceptors (Lipinski definition) is 2. The molecule has 1 atom stereocenters. The molecule has 0 spiro atoms. The van der Waals surface area contributed by atoms with Crippen LogP contribution in [-0.4, -0.2) is 11.1 Å². The number of halogens is 3. The maximum Gasteiger partial charge on any atom is 0.395 e. The third kappa shape index (κ3) is 2.75. The number of alkyl halides is 3. The highest BCUT2D eigenvalue weighted by atomic mass is 19.4. The molecule has 0 saturated carbocycles. The van der Waals surface area contributed by atoms with Crippen LogP contribution in [0.3, 0.4) is 0 Å². The Morgan fingerprint density at radius 2 is 1.71 bits per heavy atom. The summed E-state index contributed by atoms with van der Waals surface area (Å²) in [5, 5.41) is 10.8. The molecule has 0 N–H and O–H groups in total. The zero-order valence-electron chi connectivity index (χ0n) is 9.63. The van der Waals surface area contributed by atoms with Crippen molar-refractivity contribution in [3.05, 3.63) is 38.9 Å². The SMILES string of the molecule is Cc1cc(C(C)C(F)(F)F)c([N+](=O)[O-])cc1C. The molecule has 0 aromatic heterocycles. The van der Waals surface area contributed by atoms with Gasteiger partial charge < -0.3 is 0 Å². The second-order valence-corrected chi connectivity index (χ2v) is 4.02. The van der Waals surface area contributed by atoms with Crippen LogP contribution >= 0.6 is 0 Å². The van der Waals surface area contributed by atoms with Crippen molar-refractivity contribution in [2.45, 2.75) is 32.9 Å². The summed E-state index contributed by atoms with van der Waals surface area (Å²) >= 11 is 0. The molecule has 1 aromatic rings. The molecule has 0 saturated heterocycles. The van der Waals surface area contributed by atoms with Crippen LogP contribution in [0, 0.1) is 24.0 Å². The van der Waals surface area contributed by atoms with E-state index in [4.69, 9.17) is 0 Å². The summed E-state index contributed by atoms with van der Waals surface area (Å²) in [7, 11) is 0. The topological polar surface area (TPSA) is 43.1 Å². The van der Waals surface area contributed by atoms with Crippen molar-refractivity contribution in [2.75, 3.05) is 0 Å². The summed E-state index contributed by atoms with van der Waals surface area (Å²) in [6.07, 6.45) is -4.48. The molecule has 0 heterocycles. The summed E-state index contributed by atoms with van der Waals surface area (Å²) in [5.41, 5.74) is 0.458. The van der Waals surface area contributed by atoms with Crippen molar-refractivity contribution in [3.63, 3.8) is 0 Å². The Labute approximate surface area is 96.4 Å². The Kier molecular flexibility index (Phi) is 3.45. The first kappa shape index (κ1) is 13.5. The number of nitrogens with zero attached hydrogens (tertiary/aromatic N) is 1. The fraction of sp³-hybridized carbons (Fsp3) is 0.455. The maximum atomic E-state index is 12.6. The Hall–Kier alpha value is -1.59. The van der Waals surface area contributed by atoms with Gasteiger partial charge in [-0.2, -0.15) is 13.2 Å². The first-order valence-corrected chi connectivity index (χ1v) is 4.97. The van der Waals surface area contributed by atoms with Crippen molar-refractivity contribution in [1.29, 1.82) is 0 Å². The summed E-state index contributed by atoms with van der Waals surface area (Å²) in [5.74, 6) is -1.85. The third-order valence-electron chi connectivity index (χ3n) is 2.80. The lowest BCUT2D eigenvalue weighted by Gasteiger charge is -2.17. The number of aryl methyl sites for hydroxylation is 2. The lowest BCUT2D eigenvalue weighted by atomic mass is 9.94. The van der Waals surface area contributed by atoms with Gasteiger partial charge in [-0.1, -0.05) is 0 Å². The van der Waals surface area contributed by atoms with Crippen LogP contribution in [0.15, 0.2) is 12.1 Å². The number of rotatable bonds is 2. The Bertz CT molecular complexity index is 455. The van der Waals surface area contributed by atoms with E-state index >= 15 is 0 Å². The molecule has 0 aliphatic carbocycles. The maximum absolute atomic E-state index is 12.6. The molecule has 0 amide bonds. The highest BCUT2D eigenvalue weighted by Crippen LogP contribution is 2.39. The van der Waals surface area contributed by atoms with Crippen LogP contribution in [0.2, 0.25) is 0 Å². The molecular formula is C11H12F3NO2. The second kappa shape index (κ2) is 4.35. The standard InChI is InChI=1S/C11H12F3NO2/c1-6-4-9(8(3)11(12,13)14)10(15(16)17)5-7(6)2/h4-5,8H,1-3H3. The van der Waals surface area contributed by atoms with Crippen LogP contribution in [0.5, 0.6) is 0 Å². The van der Waals surface area contributed by atoms with Crippen LogP contribution in [-0.2, 0) is 0 Å². The summed E-state index contributed by atoms with van der Waals surface area (Å²) < 4.78 is 37.8. The molecule has 0 fully saturated rings. The van der Waals surface area contributed by atoms with E-state index in [1.165, 1.54) is 12.1 Å². The zero-order chi connectivity index (χ0) is 13.4. The van der Waals surface area contributed by atoms with Gasteiger partial charge in [0.05, 0.1) is 10.8 Å². The molecule has 3 nitrogen and oxygen atoms in total. The highest BCUT2D eigenvalue weighted by Gasteiger charge is 2.40. The Morgan fingerprint density at radius 3 is 2.12 bits per heavy atom. The minimum absolute atomic E-state index is 0.286. The number of nitro benzene ring substituents is 1. The van der Waals surface area contributed by atoms with Crippen molar-refractivity contribution in [1.82, 2.24) is 0 Å². The Morgan fingerprint density at radius 1 is 1.24 bits per heavy atom. The van der Waals surface area contributed by atoms with Gasteiger partial charge >= 0.3 is 6.18 Å². The van der Waals surface area contributed by atoms with Gasteiger partial charge in [-0.05, 0) is 38.0 Å². The van der Waals surface area contributed by atoms with Crippen molar-refractivity contribution >= 4 is 5.69 Å². The molecule has 17 heavy (non-hydrogen) atoms. The molecule has 1 aromatic carbocycles. The van der Waals surface area contributed by atoms with Gasteiger partial charge in [0.15, 0.2) is 0 Å². The minimum Gasteiger partial charge on any atom is -0.258 e. The summed E-state index contributed by atoms with van der Waals surface area (Å²) in [6.45, 7) is 4.19. The van der Waals surface area contributed by atoms with E-state index in [2.05, 4.69) is 0 Å². The van der Waals surface area contributed by atoms with Gasteiger partial charge in [0, 0.05) is 11.6 Å². The smallest absolute Gasteiger partial charge is 0.258 e. The zero-order valence-corrected chi connectivity index (χ0v) is 9.63. The number of benzene rings is 1. The van der Waals surface area contributed by atoms with E-state index in [-0.39, 0.29) is 5.56 Å². The lowest BCUT2D eigenvalue weighted by Crippen LogP contribution is -2.19. The van der Waals surface area contributed by atoms with E-state index < -0.39 is 22.7 Å². The van der Waals surface area contributed by atoms with Crippen molar-refractivity contribution < 1.29 is 18.1 Å². The lowest BCUT2D eigenvalue weighted by molar-refractivity contribution is -0.386. The van der Waals surface area contributed by atoms with Crippen molar-refractivity contribution in [2.24, 2.45) is 0 Å². The average molecular weight is 247 g/mol. The van der Waals surface area contributed by atoms with E-state index in [9.17, 15) is 23.3 Å². The molecule has 0 bridgehead atoms. The fourth-order valence-electron chi connectivity index (χ4n) is 1.50. The van der Waals surface area contributed by atoms with Gasteiger partial charge in [0.25, 0.3) is 5.69 Å². The number of nitro groups is 1. The second-order valence-electron chi connectivity index (χ2n) is 4.02. The predicted molar refractivity (Wildman–Crippen MR) is 57.0 cm³/mol.